The normalized spacial score (nSPS) is 13.2. The van der Waals surface area contributed by atoms with E-state index in [1.165, 1.54) is 0 Å². The molecular formula is C10H27NO2Si2. The zero-order chi connectivity index (χ0) is 11.9. The van der Waals surface area contributed by atoms with Crippen molar-refractivity contribution in [2.75, 3.05) is 19.8 Å². The molecule has 0 radical (unpaired) electrons. The summed E-state index contributed by atoms with van der Waals surface area (Å²) in [6.07, 6.45) is 1.02. The van der Waals surface area contributed by atoms with E-state index in [9.17, 15) is 0 Å². The van der Waals surface area contributed by atoms with Crippen LogP contribution in [0.4, 0.5) is 0 Å². The molecular weight excluding hydrogens is 222 g/mol. The first-order chi connectivity index (χ1) is 6.93. The summed E-state index contributed by atoms with van der Waals surface area (Å²) >= 11 is 0. The lowest BCUT2D eigenvalue weighted by Gasteiger charge is -2.39. The van der Waals surface area contributed by atoms with Gasteiger partial charge in [-0.25, -0.2) is 0 Å². The van der Waals surface area contributed by atoms with Crippen LogP contribution in [-0.4, -0.2) is 35.4 Å². The van der Waals surface area contributed by atoms with E-state index < -0.39 is 15.7 Å². The minimum atomic E-state index is -1.96. The van der Waals surface area contributed by atoms with E-state index in [4.69, 9.17) is 14.6 Å². The molecule has 0 heterocycles. The molecule has 3 nitrogen and oxygen atoms in total. The number of hydrogen-bond acceptors (Lipinski definition) is 3. The van der Waals surface area contributed by atoms with Crippen molar-refractivity contribution in [3.05, 3.63) is 0 Å². The lowest BCUT2D eigenvalue weighted by molar-refractivity contribution is 0.199. The van der Waals surface area contributed by atoms with E-state index in [1.807, 2.05) is 0 Å². The molecule has 0 aromatic carbocycles. The molecule has 0 unspecified atom stereocenters. The molecule has 2 N–H and O–H groups in total. The first kappa shape index (κ1) is 15.3. The van der Waals surface area contributed by atoms with Crippen molar-refractivity contribution in [2.24, 2.45) is 5.73 Å². The van der Waals surface area contributed by atoms with Crippen molar-refractivity contribution in [2.45, 2.75) is 46.0 Å². The Labute approximate surface area is 96.4 Å². The van der Waals surface area contributed by atoms with Crippen LogP contribution in [0.15, 0.2) is 0 Å². The van der Waals surface area contributed by atoms with Crippen LogP contribution in [0.3, 0.4) is 0 Å². The van der Waals surface area contributed by atoms with Gasteiger partial charge in [-0.05, 0) is 32.9 Å². The Morgan fingerprint density at radius 1 is 1.00 bits per heavy atom. The fourth-order valence-electron chi connectivity index (χ4n) is 1.80. The first-order valence-electron chi connectivity index (χ1n) is 5.91. The van der Waals surface area contributed by atoms with Gasteiger partial charge >= 0.3 is 8.08 Å². The zero-order valence-corrected chi connectivity index (χ0v) is 12.9. The van der Waals surface area contributed by atoms with Crippen molar-refractivity contribution >= 4 is 15.7 Å². The monoisotopic (exact) mass is 249 g/mol. The first-order valence-corrected chi connectivity index (χ1v) is 12.4. The quantitative estimate of drug-likeness (QED) is 0.671. The molecule has 0 aliphatic heterocycles. The van der Waals surface area contributed by atoms with Gasteiger partial charge in [-0.1, -0.05) is 19.6 Å². The molecule has 0 spiro atoms. The summed E-state index contributed by atoms with van der Waals surface area (Å²) in [4.78, 5) is 0. The van der Waals surface area contributed by atoms with Crippen molar-refractivity contribution in [3.63, 3.8) is 0 Å². The molecule has 0 rings (SSSR count). The van der Waals surface area contributed by atoms with E-state index in [-0.39, 0.29) is 0 Å². The van der Waals surface area contributed by atoms with Gasteiger partial charge in [-0.3, -0.25) is 0 Å². The third-order valence-corrected chi connectivity index (χ3v) is 15.9. The number of rotatable bonds is 8. The van der Waals surface area contributed by atoms with Crippen LogP contribution in [0.2, 0.25) is 25.7 Å². The van der Waals surface area contributed by atoms with E-state index in [0.717, 1.165) is 32.2 Å². The van der Waals surface area contributed by atoms with E-state index in [1.54, 1.807) is 0 Å². The van der Waals surface area contributed by atoms with Gasteiger partial charge in [0.25, 0.3) is 0 Å². The van der Waals surface area contributed by atoms with Gasteiger partial charge < -0.3 is 14.6 Å². The topological polar surface area (TPSA) is 44.5 Å². The Kier molecular flexibility index (Phi) is 6.94. The SMILES string of the molecule is CCO[Si](CCCN)(OCC)[Si](C)(C)C. The fourth-order valence-corrected chi connectivity index (χ4v) is 11.6. The maximum Gasteiger partial charge on any atom is 0.315 e. The van der Waals surface area contributed by atoms with E-state index >= 15 is 0 Å². The second-order valence-corrected chi connectivity index (χ2v) is 18.6. The summed E-state index contributed by atoms with van der Waals surface area (Å²) < 4.78 is 12.1. The van der Waals surface area contributed by atoms with Crippen molar-refractivity contribution in [1.29, 1.82) is 0 Å². The number of hydrogen-bond donors (Lipinski definition) is 1. The fraction of sp³-hybridized carbons (Fsp3) is 1.00. The Balaban J connectivity index is 4.72. The highest BCUT2D eigenvalue weighted by Gasteiger charge is 2.49. The van der Waals surface area contributed by atoms with Crippen LogP contribution in [0.25, 0.3) is 0 Å². The predicted octanol–water partition coefficient (Wildman–Crippen LogP) is 2.27. The summed E-state index contributed by atoms with van der Waals surface area (Å²) in [5.74, 6) is 0. The average Bonchev–Trinajstić information content (AvgIpc) is 2.13. The van der Waals surface area contributed by atoms with Gasteiger partial charge in [0, 0.05) is 13.2 Å². The second-order valence-electron chi connectivity index (χ2n) is 4.76. The number of nitrogens with two attached hydrogens (primary N) is 1. The summed E-state index contributed by atoms with van der Waals surface area (Å²) in [5, 5.41) is 0. The summed E-state index contributed by atoms with van der Waals surface area (Å²) in [6.45, 7) is 13.4. The summed E-state index contributed by atoms with van der Waals surface area (Å²) in [7, 11) is -3.34. The smallest absolute Gasteiger partial charge is 0.315 e. The van der Waals surface area contributed by atoms with Gasteiger partial charge in [-0.15, -0.1) is 0 Å². The molecule has 0 aliphatic rings. The minimum absolute atomic E-state index is 0.735. The molecule has 0 aliphatic carbocycles. The standard InChI is InChI=1S/C10H27NO2Si2/c1-6-12-15(13-7-2,10-8-9-11)14(3,4)5/h6-11H2,1-5H3. The van der Waals surface area contributed by atoms with Crippen LogP contribution in [-0.2, 0) is 8.85 Å². The molecule has 92 valence electrons. The van der Waals surface area contributed by atoms with Gasteiger partial charge in [0.15, 0.2) is 0 Å². The van der Waals surface area contributed by atoms with Crippen molar-refractivity contribution in [3.8, 4) is 0 Å². The molecule has 0 aromatic heterocycles. The minimum Gasteiger partial charge on any atom is -0.397 e. The maximum absolute atomic E-state index is 6.06. The van der Waals surface area contributed by atoms with E-state index in [0.29, 0.717) is 0 Å². The molecule has 0 saturated heterocycles. The molecule has 0 amide bonds. The van der Waals surface area contributed by atoms with Gasteiger partial charge in [0.2, 0.25) is 0 Å². The van der Waals surface area contributed by atoms with Crippen LogP contribution >= 0.6 is 0 Å². The molecule has 5 heteroatoms. The molecule has 0 fully saturated rings. The third kappa shape index (κ3) is 4.36. The van der Waals surface area contributed by atoms with Gasteiger partial charge in [-0.2, -0.15) is 0 Å². The predicted molar refractivity (Wildman–Crippen MR) is 70.8 cm³/mol. The van der Waals surface area contributed by atoms with Crippen LogP contribution < -0.4 is 5.73 Å². The summed E-state index contributed by atoms with van der Waals surface area (Å²) in [6, 6.07) is 1.06. The average molecular weight is 250 g/mol. The van der Waals surface area contributed by atoms with Crippen LogP contribution in [0.1, 0.15) is 20.3 Å². The largest absolute Gasteiger partial charge is 0.397 e. The molecule has 0 atom stereocenters. The lowest BCUT2D eigenvalue weighted by atomic mass is 10.5. The van der Waals surface area contributed by atoms with Gasteiger partial charge in [0.1, 0.15) is 7.59 Å². The van der Waals surface area contributed by atoms with Gasteiger partial charge in [0.05, 0.1) is 0 Å². The highest BCUT2D eigenvalue weighted by atomic mass is 29.3. The zero-order valence-electron chi connectivity index (χ0n) is 10.9. The lowest BCUT2D eigenvalue weighted by Crippen LogP contribution is -2.62. The molecule has 0 aromatic rings. The third-order valence-electron chi connectivity index (χ3n) is 2.61. The highest BCUT2D eigenvalue weighted by molar-refractivity contribution is 7.36. The molecule has 0 saturated carbocycles. The van der Waals surface area contributed by atoms with E-state index in [2.05, 4.69) is 33.5 Å². The van der Waals surface area contributed by atoms with Crippen molar-refractivity contribution < 1.29 is 8.85 Å². The molecule has 0 bridgehead atoms. The molecule has 15 heavy (non-hydrogen) atoms. The Bertz CT molecular complexity index is 165. The highest BCUT2D eigenvalue weighted by Crippen LogP contribution is 2.27. The van der Waals surface area contributed by atoms with Crippen LogP contribution in [0, 0.1) is 0 Å². The maximum atomic E-state index is 6.06. The van der Waals surface area contributed by atoms with Crippen molar-refractivity contribution in [1.82, 2.24) is 0 Å². The second kappa shape index (κ2) is 6.80. The Hall–Kier alpha value is 0.314. The summed E-state index contributed by atoms with van der Waals surface area (Å²) in [5.41, 5.74) is 5.60. The van der Waals surface area contributed by atoms with Crippen LogP contribution in [0.5, 0.6) is 0 Å². The Morgan fingerprint density at radius 2 is 1.47 bits per heavy atom. The Morgan fingerprint density at radius 3 is 1.73 bits per heavy atom.